The maximum absolute atomic E-state index is 11.0. The lowest BCUT2D eigenvalue weighted by atomic mass is 10.1. The van der Waals surface area contributed by atoms with Crippen LogP contribution in [0.5, 0.6) is 0 Å². The summed E-state index contributed by atoms with van der Waals surface area (Å²) in [5, 5.41) is 9.62. The molecule has 0 saturated carbocycles. The SMILES string of the molecule is O=c1ccc(-c2ccc(Nc3ccccn3)cc2)n[nH]1. The molecule has 0 saturated heterocycles. The monoisotopic (exact) mass is 264 g/mol. The fourth-order valence-corrected chi connectivity index (χ4v) is 1.81. The number of nitrogens with one attached hydrogen (secondary N) is 2. The number of nitrogens with zero attached hydrogens (tertiary/aromatic N) is 2. The van der Waals surface area contributed by atoms with Gasteiger partial charge in [0, 0.05) is 23.5 Å². The van der Waals surface area contributed by atoms with E-state index in [9.17, 15) is 4.79 Å². The average Bonchev–Trinajstić information content (AvgIpc) is 2.50. The molecule has 0 aliphatic carbocycles. The second kappa shape index (κ2) is 5.36. The zero-order chi connectivity index (χ0) is 13.8. The number of rotatable bonds is 3. The van der Waals surface area contributed by atoms with Gasteiger partial charge in [0.2, 0.25) is 0 Å². The fourth-order valence-electron chi connectivity index (χ4n) is 1.81. The molecule has 2 N–H and O–H groups in total. The first kappa shape index (κ1) is 12.1. The molecule has 3 rings (SSSR count). The molecular weight excluding hydrogens is 252 g/mol. The van der Waals surface area contributed by atoms with Crippen LogP contribution in [-0.4, -0.2) is 15.2 Å². The third kappa shape index (κ3) is 2.72. The number of anilines is 2. The van der Waals surface area contributed by atoms with Gasteiger partial charge in [-0.1, -0.05) is 18.2 Å². The van der Waals surface area contributed by atoms with Crippen molar-refractivity contribution in [1.29, 1.82) is 0 Å². The van der Waals surface area contributed by atoms with E-state index in [1.165, 1.54) is 6.07 Å². The number of pyridine rings is 1. The van der Waals surface area contributed by atoms with Crippen molar-refractivity contribution in [2.75, 3.05) is 5.32 Å². The third-order valence-electron chi connectivity index (χ3n) is 2.80. The topological polar surface area (TPSA) is 70.7 Å². The van der Waals surface area contributed by atoms with Crippen molar-refractivity contribution >= 4 is 11.5 Å². The molecule has 0 amide bonds. The Morgan fingerprint density at radius 3 is 2.45 bits per heavy atom. The summed E-state index contributed by atoms with van der Waals surface area (Å²) in [6, 6.07) is 16.6. The Kier molecular flexibility index (Phi) is 3.24. The van der Waals surface area contributed by atoms with E-state index in [2.05, 4.69) is 20.5 Å². The Labute approximate surface area is 115 Å². The van der Waals surface area contributed by atoms with E-state index in [1.54, 1.807) is 12.3 Å². The number of aromatic nitrogens is 3. The molecular formula is C15H12N4O. The second-order valence-corrected chi connectivity index (χ2v) is 4.22. The van der Waals surface area contributed by atoms with Crippen LogP contribution in [0.15, 0.2) is 65.6 Å². The molecule has 0 fully saturated rings. The van der Waals surface area contributed by atoms with Gasteiger partial charge in [-0.05, 0) is 30.3 Å². The lowest BCUT2D eigenvalue weighted by Crippen LogP contribution is -2.05. The normalized spacial score (nSPS) is 10.2. The first-order chi connectivity index (χ1) is 9.81. The predicted molar refractivity (Wildman–Crippen MR) is 77.8 cm³/mol. The van der Waals surface area contributed by atoms with Crippen LogP contribution in [0.25, 0.3) is 11.3 Å². The van der Waals surface area contributed by atoms with Crippen LogP contribution in [0.3, 0.4) is 0 Å². The highest BCUT2D eigenvalue weighted by atomic mass is 16.1. The molecule has 3 aromatic rings. The Bertz CT molecular complexity index is 730. The van der Waals surface area contributed by atoms with Crippen molar-refractivity contribution in [2.24, 2.45) is 0 Å². The summed E-state index contributed by atoms with van der Waals surface area (Å²) in [5.41, 5.74) is 2.40. The fraction of sp³-hybridized carbons (Fsp3) is 0. The van der Waals surface area contributed by atoms with E-state index in [0.29, 0.717) is 0 Å². The minimum atomic E-state index is -0.206. The van der Waals surface area contributed by atoms with Gasteiger partial charge in [0.25, 0.3) is 5.56 Å². The van der Waals surface area contributed by atoms with Crippen LogP contribution >= 0.6 is 0 Å². The van der Waals surface area contributed by atoms with E-state index in [1.807, 2.05) is 42.5 Å². The van der Waals surface area contributed by atoms with Gasteiger partial charge in [-0.3, -0.25) is 4.79 Å². The molecule has 0 atom stereocenters. The maximum Gasteiger partial charge on any atom is 0.264 e. The molecule has 1 aromatic carbocycles. The molecule has 2 heterocycles. The summed E-state index contributed by atoms with van der Waals surface area (Å²) < 4.78 is 0. The standard InChI is InChI=1S/C15H12N4O/c20-15-9-8-13(18-19-15)11-4-6-12(7-5-11)17-14-3-1-2-10-16-14/h1-10H,(H,16,17)(H,19,20). The molecule has 5 heteroatoms. The van der Waals surface area contributed by atoms with Crippen LogP contribution in [0, 0.1) is 0 Å². The summed E-state index contributed by atoms with van der Waals surface area (Å²) >= 11 is 0. The summed E-state index contributed by atoms with van der Waals surface area (Å²) in [4.78, 5) is 15.2. The summed E-state index contributed by atoms with van der Waals surface area (Å²) in [6.07, 6.45) is 1.74. The van der Waals surface area contributed by atoms with Gasteiger partial charge in [0.05, 0.1) is 5.69 Å². The number of H-pyrrole nitrogens is 1. The highest BCUT2D eigenvalue weighted by molar-refractivity contribution is 5.64. The second-order valence-electron chi connectivity index (χ2n) is 4.22. The summed E-state index contributed by atoms with van der Waals surface area (Å²) in [5.74, 6) is 0.794. The molecule has 0 unspecified atom stereocenters. The van der Waals surface area contributed by atoms with Gasteiger partial charge in [0.15, 0.2) is 0 Å². The van der Waals surface area contributed by atoms with Gasteiger partial charge in [0.1, 0.15) is 5.82 Å². The van der Waals surface area contributed by atoms with Crippen LogP contribution in [0.1, 0.15) is 0 Å². The van der Waals surface area contributed by atoms with E-state index in [0.717, 1.165) is 22.8 Å². The number of hydrogen-bond acceptors (Lipinski definition) is 4. The lowest BCUT2D eigenvalue weighted by Gasteiger charge is -2.06. The molecule has 20 heavy (non-hydrogen) atoms. The third-order valence-corrected chi connectivity index (χ3v) is 2.80. The average molecular weight is 264 g/mol. The molecule has 0 radical (unpaired) electrons. The van der Waals surface area contributed by atoms with E-state index < -0.39 is 0 Å². The molecule has 0 bridgehead atoms. The van der Waals surface area contributed by atoms with Gasteiger partial charge in [-0.25, -0.2) is 10.1 Å². The molecule has 5 nitrogen and oxygen atoms in total. The highest BCUT2D eigenvalue weighted by Gasteiger charge is 2.00. The van der Waals surface area contributed by atoms with Crippen molar-refractivity contribution in [3.05, 3.63) is 71.1 Å². The summed E-state index contributed by atoms with van der Waals surface area (Å²) in [7, 11) is 0. The molecule has 0 aliphatic heterocycles. The quantitative estimate of drug-likeness (QED) is 0.762. The highest BCUT2D eigenvalue weighted by Crippen LogP contribution is 2.20. The van der Waals surface area contributed by atoms with Crippen molar-refractivity contribution < 1.29 is 0 Å². The minimum Gasteiger partial charge on any atom is -0.340 e. The van der Waals surface area contributed by atoms with Crippen LogP contribution in [0.2, 0.25) is 0 Å². The Hall–Kier alpha value is -2.95. The zero-order valence-corrected chi connectivity index (χ0v) is 10.6. The first-order valence-corrected chi connectivity index (χ1v) is 6.15. The Morgan fingerprint density at radius 1 is 0.950 bits per heavy atom. The van der Waals surface area contributed by atoms with E-state index in [4.69, 9.17) is 0 Å². The molecule has 0 aliphatic rings. The van der Waals surface area contributed by atoms with Gasteiger partial charge >= 0.3 is 0 Å². The largest absolute Gasteiger partial charge is 0.340 e. The van der Waals surface area contributed by atoms with Crippen molar-refractivity contribution in [1.82, 2.24) is 15.2 Å². The number of benzene rings is 1. The van der Waals surface area contributed by atoms with Crippen molar-refractivity contribution in [3.8, 4) is 11.3 Å². The van der Waals surface area contributed by atoms with Gasteiger partial charge < -0.3 is 5.32 Å². The first-order valence-electron chi connectivity index (χ1n) is 6.15. The Morgan fingerprint density at radius 2 is 1.80 bits per heavy atom. The van der Waals surface area contributed by atoms with Gasteiger partial charge in [-0.15, -0.1) is 0 Å². The molecule has 98 valence electrons. The molecule has 2 aromatic heterocycles. The van der Waals surface area contributed by atoms with E-state index >= 15 is 0 Å². The van der Waals surface area contributed by atoms with Crippen molar-refractivity contribution in [2.45, 2.75) is 0 Å². The number of hydrogen-bond donors (Lipinski definition) is 2. The maximum atomic E-state index is 11.0. The van der Waals surface area contributed by atoms with E-state index in [-0.39, 0.29) is 5.56 Å². The number of aromatic amines is 1. The lowest BCUT2D eigenvalue weighted by molar-refractivity contribution is 0.995. The van der Waals surface area contributed by atoms with Crippen molar-refractivity contribution in [3.63, 3.8) is 0 Å². The summed E-state index contributed by atoms with van der Waals surface area (Å²) in [6.45, 7) is 0. The van der Waals surface area contributed by atoms with Crippen LogP contribution in [-0.2, 0) is 0 Å². The van der Waals surface area contributed by atoms with Gasteiger partial charge in [-0.2, -0.15) is 5.10 Å². The van der Waals surface area contributed by atoms with Crippen LogP contribution < -0.4 is 10.9 Å². The smallest absolute Gasteiger partial charge is 0.264 e. The Balaban J connectivity index is 1.81. The minimum absolute atomic E-state index is 0.206. The molecule has 0 spiro atoms. The predicted octanol–water partition coefficient (Wildman–Crippen LogP) is 2.58. The zero-order valence-electron chi connectivity index (χ0n) is 10.6. The van der Waals surface area contributed by atoms with Crippen LogP contribution in [0.4, 0.5) is 11.5 Å².